The Hall–Kier alpha value is -4.73. The van der Waals surface area contributed by atoms with Gasteiger partial charge < -0.3 is 33.5 Å². The molecule has 3 aromatic carbocycles. The minimum Gasteiger partial charge on any atom is -0.493 e. The smallest absolute Gasteiger partial charge is 0.295 e. The molecule has 10 nitrogen and oxygen atoms in total. The third-order valence-electron chi connectivity index (χ3n) is 9.49. The van der Waals surface area contributed by atoms with Crippen LogP contribution >= 0.6 is 0 Å². The predicted octanol–water partition coefficient (Wildman–Crippen LogP) is 6.55. The van der Waals surface area contributed by atoms with E-state index in [0.717, 1.165) is 44.1 Å². The Labute approximate surface area is 296 Å². The standard InChI is InChI=1S/C40H52N2O8/c1-8-14-32-39(44)41(26-27(2)42(32)40(45)37(43)30-24-35(48-5)38(50-7)36(25-30)49-6)31(19-12-17-28-15-10-9-11-16-28)20-13-18-29-21-22-33(46-3)34(23-29)47-4/h9-11,15-16,21-25,27,31-32H,8,12-14,17-20,26H2,1-7H3. The van der Waals surface area contributed by atoms with Gasteiger partial charge in [0.25, 0.3) is 11.7 Å². The van der Waals surface area contributed by atoms with Crippen molar-refractivity contribution in [3.05, 3.63) is 77.4 Å². The zero-order chi connectivity index (χ0) is 36.2. The maximum Gasteiger partial charge on any atom is 0.295 e. The summed E-state index contributed by atoms with van der Waals surface area (Å²) in [4.78, 5) is 45.6. The van der Waals surface area contributed by atoms with Crippen molar-refractivity contribution < 1.29 is 38.1 Å². The molecule has 1 fully saturated rings. The number of ketones is 1. The predicted molar refractivity (Wildman–Crippen MR) is 193 cm³/mol. The number of hydrogen-bond donors (Lipinski definition) is 0. The van der Waals surface area contributed by atoms with E-state index in [9.17, 15) is 14.4 Å². The zero-order valence-electron chi connectivity index (χ0n) is 30.5. The second-order valence-electron chi connectivity index (χ2n) is 12.7. The van der Waals surface area contributed by atoms with Gasteiger partial charge in [-0.15, -0.1) is 0 Å². The van der Waals surface area contributed by atoms with Gasteiger partial charge >= 0.3 is 0 Å². The summed E-state index contributed by atoms with van der Waals surface area (Å²) >= 11 is 0. The van der Waals surface area contributed by atoms with E-state index in [4.69, 9.17) is 23.7 Å². The molecule has 0 bridgehead atoms. The Balaban J connectivity index is 1.56. The topological polar surface area (TPSA) is 104 Å². The molecule has 3 unspecified atom stereocenters. The Morgan fingerprint density at radius 3 is 1.92 bits per heavy atom. The zero-order valence-corrected chi connectivity index (χ0v) is 30.5. The highest BCUT2D eigenvalue weighted by Crippen LogP contribution is 2.39. The van der Waals surface area contributed by atoms with Crippen LogP contribution in [0.2, 0.25) is 0 Å². The van der Waals surface area contributed by atoms with Crippen LogP contribution in [-0.2, 0) is 22.4 Å². The summed E-state index contributed by atoms with van der Waals surface area (Å²) in [6, 6.07) is 18.2. The minimum absolute atomic E-state index is 0.0174. The summed E-state index contributed by atoms with van der Waals surface area (Å²) in [5, 5.41) is 0. The molecule has 0 spiro atoms. The van der Waals surface area contributed by atoms with Gasteiger partial charge in [-0.3, -0.25) is 14.4 Å². The van der Waals surface area contributed by atoms with Crippen LogP contribution in [0.4, 0.5) is 0 Å². The molecule has 3 atom stereocenters. The number of amides is 2. The Bertz CT molecular complexity index is 1570. The fourth-order valence-corrected chi connectivity index (χ4v) is 6.96. The first-order valence-corrected chi connectivity index (χ1v) is 17.4. The van der Waals surface area contributed by atoms with E-state index in [1.807, 2.05) is 55.1 Å². The fourth-order valence-electron chi connectivity index (χ4n) is 6.96. The van der Waals surface area contributed by atoms with Crippen LogP contribution in [0.5, 0.6) is 28.7 Å². The van der Waals surface area contributed by atoms with Gasteiger partial charge in [-0.25, -0.2) is 0 Å². The average Bonchev–Trinajstić information content (AvgIpc) is 3.14. The third-order valence-corrected chi connectivity index (χ3v) is 9.49. The first kappa shape index (κ1) is 38.1. The minimum atomic E-state index is -0.746. The Morgan fingerprint density at radius 2 is 1.36 bits per heavy atom. The Morgan fingerprint density at radius 1 is 0.760 bits per heavy atom. The van der Waals surface area contributed by atoms with Crippen molar-refractivity contribution >= 4 is 17.6 Å². The van der Waals surface area contributed by atoms with Gasteiger partial charge in [-0.05, 0) is 87.3 Å². The SMILES string of the molecule is CCCC1C(=O)N(C(CCCc2ccccc2)CCCc2ccc(OC)c(OC)c2)CC(C)N1C(=O)C(=O)c1cc(OC)c(OC)c(OC)c1. The largest absolute Gasteiger partial charge is 0.493 e. The van der Waals surface area contributed by atoms with Crippen LogP contribution in [0.3, 0.4) is 0 Å². The summed E-state index contributed by atoms with van der Waals surface area (Å²) in [6.07, 6.45) is 6.28. The highest BCUT2D eigenvalue weighted by atomic mass is 16.5. The maximum atomic E-state index is 14.4. The molecule has 3 aromatic rings. The van der Waals surface area contributed by atoms with E-state index >= 15 is 0 Å². The van der Waals surface area contributed by atoms with Crippen molar-refractivity contribution in [3.63, 3.8) is 0 Å². The summed E-state index contributed by atoms with van der Waals surface area (Å²) in [7, 11) is 7.63. The first-order chi connectivity index (χ1) is 24.2. The molecule has 1 saturated heterocycles. The molecule has 10 heteroatoms. The fraction of sp³-hybridized carbons (Fsp3) is 0.475. The molecule has 2 amide bonds. The van der Waals surface area contributed by atoms with Crippen molar-refractivity contribution in [1.82, 2.24) is 9.80 Å². The van der Waals surface area contributed by atoms with Gasteiger partial charge in [-0.2, -0.15) is 0 Å². The van der Waals surface area contributed by atoms with Crippen LogP contribution in [0.1, 0.15) is 73.9 Å². The number of nitrogens with zero attached hydrogens (tertiary/aromatic N) is 2. The van der Waals surface area contributed by atoms with Crippen molar-refractivity contribution in [1.29, 1.82) is 0 Å². The lowest BCUT2D eigenvalue weighted by Gasteiger charge is -2.47. The molecule has 0 saturated carbocycles. The first-order valence-electron chi connectivity index (χ1n) is 17.4. The van der Waals surface area contributed by atoms with Gasteiger partial charge in [0.05, 0.1) is 35.5 Å². The molecule has 0 radical (unpaired) electrons. The Kier molecular flexibility index (Phi) is 13.9. The van der Waals surface area contributed by atoms with E-state index in [-0.39, 0.29) is 35.1 Å². The highest BCUT2D eigenvalue weighted by Gasteiger charge is 2.44. The number of rotatable bonds is 18. The van der Waals surface area contributed by atoms with E-state index in [1.165, 1.54) is 43.9 Å². The quantitative estimate of drug-likeness (QED) is 0.110. The molecular weight excluding hydrogens is 636 g/mol. The van der Waals surface area contributed by atoms with Crippen molar-refractivity contribution in [3.8, 4) is 28.7 Å². The van der Waals surface area contributed by atoms with Crippen LogP contribution < -0.4 is 23.7 Å². The number of carbonyl (C=O) groups excluding carboxylic acids is 3. The lowest BCUT2D eigenvalue weighted by Crippen LogP contribution is -2.65. The molecule has 0 aliphatic carbocycles. The number of ether oxygens (including phenoxy) is 5. The molecule has 1 aliphatic heterocycles. The van der Waals surface area contributed by atoms with E-state index in [1.54, 1.807) is 14.2 Å². The van der Waals surface area contributed by atoms with Gasteiger partial charge in [-0.1, -0.05) is 49.7 Å². The van der Waals surface area contributed by atoms with E-state index < -0.39 is 17.7 Å². The van der Waals surface area contributed by atoms with Crippen molar-refractivity contribution in [2.24, 2.45) is 0 Å². The summed E-state index contributed by atoms with van der Waals surface area (Å²) in [5.74, 6) is 0.698. The highest BCUT2D eigenvalue weighted by molar-refractivity contribution is 6.43. The van der Waals surface area contributed by atoms with Crippen LogP contribution in [0.15, 0.2) is 60.7 Å². The number of methoxy groups -OCH3 is 5. The third kappa shape index (κ3) is 8.89. The number of aryl methyl sites for hydroxylation is 2. The number of benzene rings is 3. The molecule has 1 aliphatic rings. The van der Waals surface area contributed by atoms with Crippen molar-refractivity contribution in [2.45, 2.75) is 83.3 Å². The lowest BCUT2D eigenvalue weighted by atomic mass is 9.93. The van der Waals surface area contributed by atoms with E-state index in [2.05, 4.69) is 12.1 Å². The number of piperazine rings is 1. The second-order valence-corrected chi connectivity index (χ2v) is 12.7. The van der Waals surface area contributed by atoms with Crippen molar-refractivity contribution in [2.75, 3.05) is 42.1 Å². The molecule has 0 aromatic heterocycles. The molecular formula is C40H52N2O8. The number of hydrogen-bond acceptors (Lipinski definition) is 8. The van der Waals surface area contributed by atoms with Gasteiger partial charge in [0.15, 0.2) is 23.0 Å². The summed E-state index contributed by atoms with van der Waals surface area (Å²) in [6.45, 7) is 4.26. The molecule has 1 heterocycles. The average molecular weight is 689 g/mol. The molecule has 0 N–H and O–H groups in total. The summed E-state index contributed by atoms with van der Waals surface area (Å²) in [5.41, 5.74) is 2.51. The second kappa shape index (κ2) is 18.3. The van der Waals surface area contributed by atoms with Crippen LogP contribution in [0, 0.1) is 0 Å². The number of Topliss-reactive ketones (excluding diaryl/α,β-unsaturated/α-hetero) is 1. The maximum absolute atomic E-state index is 14.4. The lowest BCUT2D eigenvalue weighted by molar-refractivity contribution is -0.156. The van der Waals surface area contributed by atoms with Crippen LogP contribution in [-0.4, -0.2) is 87.6 Å². The molecule has 270 valence electrons. The normalized spacial score (nSPS) is 16.5. The van der Waals surface area contributed by atoms with Gasteiger partial charge in [0.1, 0.15) is 6.04 Å². The molecule has 4 rings (SSSR count). The monoisotopic (exact) mass is 688 g/mol. The van der Waals surface area contributed by atoms with Gasteiger partial charge in [0, 0.05) is 24.2 Å². The summed E-state index contributed by atoms with van der Waals surface area (Å²) < 4.78 is 27.2. The van der Waals surface area contributed by atoms with E-state index in [0.29, 0.717) is 36.6 Å². The van der Waals surface area contributed by atoms with Gasteiger partial charge in [0.2, 0.25) is 11.7 Å². The molecule has 50 heavy (non-hydrogen) atoms. The van der Waals surface area contributed by atoms with Crippen LogP contribution in [0.25, 0.3) is 0 Å². The number of carbonyl (C=O) groups is 3.